The van der Waals surface area contributed by atoms with Gasteiger partial charge in [-0.3, -0.25) is 16.0 Å². The molecule has 6 heteroatoms. The van der Waals surface area contributed by atoms with Gasteiger partial charge in [0.2, 0.25) is 0 Å². The van der Waals surface area contributed by atoms with E-state index < -0.39 is 0 Å². The van der Waals surface area contributed by atoms with Crippen LogP contribution in [-0.2, 0) is 6.54 Å². The van der Waals surface area contributed by atoms with Crippen molar-refractivity contribution in [3.63, 3.8) is 0 Å². The van der Waals surface area contributed by atoms with E-state index in [1.165, 1.54) is 0 Å². The normalized spacial score (nSPS) is 14.9. The Morgan fingerprint density at radius 1 is 1.59 bits per heavy atom. The summed E-state index contributed by atoms with van der Waals surface area (Å²) < 4.78 is 1.89. The zero-order chi connectivity index (χ0) is 12.8. The lowest BCUT2D eigenvalue weighted by Gasteiger charge is -2.19. The van der Waals surface area contributed by atoms with Crippen LogP contribution in [0.4, 0.5) is 0 Å². The van der Waals surface area contributed by atoms with Crippen LogP contribution in [0, 0.1) is 0 Å². The van der Waals surface area contributed by atoms with E-state index in [9.17, 15) is 0 Å². The fourth-order valence-electron chi connectivity index (χ4n) is 1.55. The fraction of sp³-hybridized carbons (Fsp3) is 0.727. The molecule has 0 aliphatic carbocycles. The molecule has 1 aromatic rings. The number of hydrazine groups is 1. The fourth-order valence-corrected chi connectivity index (χ4v) is 2.84. The van der Waals surface area contributed by atoms with E-state index in [0.717, 1.165) is 24.4 Å². The van der Waals surface area contributed by atoms with Crippen molar-refractivity contribution in [1.29, 1.82) is 0 Å². The van der Waals surface area contributed by atoms with Crippen LogP contribution in [0.1, 0.15) is 38.9 Å². The van der Waals surface area contributed by atoms with Crippen molar-refractivity contribution in [3.05, 3.63) is 16.9 Å². The van der Waals surface area contributed by atoms with Gasteiger partial charge in [-0.05, 0) is 13.3 Å². The van der Waals surface area contributed by atoms with Crippen molar-refractivity contribution in [2.24, 2.45) is 5.84 Å². The molecule has 4 nitrogen and oxygen atoms in total. The lowest BCUT2D eigenvalue weighted by molar-refractivity contribution is 0.527. The number of hydrogen-bond acceptors (Lipinski definition) is 4. The Bertz CT molecular complexity index is 342. The van der Waals surface area contributed by atoms with Crippen LogP contribution in [0.3, 0.4) is 0 Å². The predicted molar refractivity (Wildman–Crippen MR) is 75.2 cm³/mol. The van der Waals surface area contributed by atoms with Gasteiger partial charge in [-0.15, -0.1) is 0 Å². The molecule has 0 fully saturated rings. The van der Waals surface area contributed by atoms with Gasteiger partial charge in [-0.25, -0.2) is 0 Å². The second-order valence-electron chi connectivity index (χ2n) is 3.96. The molecule has 2 unspecified atom stereocenters. The number of rotatable bonds is 7. The lowest BCUT2D eigenvalue weighted by Crippen LogP contribution is -2.32. The Morgan fingerprint density at radius 2 is 2.29 bits per heavy atom. The summed E-state index contributed by atoms with van der Waals surface area (Å²) in [4.78, 5) is 0. The molecule has 0 aliphatic heterocycles. The average molecular weight is 277 g/mol. The summed E-state index contributed by atoms with van der Waals surface area (Å²) in [6.07, 6.45) is 2.83. The number of hydrogen-bond donors (Lipinski definition) is 2. The van der Waals surface area contributed by atoms with Gasteiger partial charge >= 0.3 is 0 Å². The summed E-state index contributed by atoms with van der Waals surface area (Å²) >= 11 is 8.05. The first-order chi connectivity index (χ1) is 8.13. The van der Waals surface area contributed by atoms with E-state index in [0.29, 0.717) is 10.3 Å². The molecule has 2 atom stereocenters. The van der Waals surface area contributed by atoms with Crippen molar-refractivity contribution in [3.8, 4) is 0 Å². The highest BCUT2D eigenvalue weighted by molar-refractivity contribution is 7.99. The Morgan fingerprint density at radius 3 is 2.82 bits per heavy atom. The van der Waals surface area contributed by atoms with Crippen LogP contribution in [0.2, 0.25) is 5.02 Å². The van der Waals surface area contributed by atoms with Crippen molar-refractivity contribution in [2.75, 3.05) is 5.75 Å². The smallest absolute Gasteiger partial charge is 0.0834 e. The number of thioether (sulfide) groups is 1. The van der Waals surface area contributed by atoms with Crippen LogP contribution in [0.25, 0.3) is 0 Å². The van der Waals surface area contributed by atoms with E-state index >= 15 is 0 Å². The Hall–Kier alpha value is -0.230. The molecule has 0 spiro atoms. The molecular weight excluding hydrogens is 256 g/mol. The van der Waals surface area contributed by atoms with Crippen LogP contribution in [-0.4, -0.2) is 20.8 Å². The zero-order valence-electron chi connectivity index (χ0n) is 10.6. The van der Waals surface area contributed by atoms with Gasteiger partial charge in [0.1, 0.15) is 0 Å². The monoisotopic (exact) mass is 276 g/mol. The summed E-state index contributed by atoms with van der Waals surface area (Å²) in [7, 11) is 0. The molecule has 3 N–H and O–H groups in total. The maximum atomic E-state index is 6.16. The van der Waals surface area contributed by atoms with Crippen molar-refractivity contribution < 1.29 is 0 Å². The van der Waals surface area contributed by atoms with E-state index in [1.807, 2.05) is 23.4 Å². The third-order valence-electron chi connectivity index (χ3n) is 2.79. The van der Waals surface area contributed by atoms with Gasteiger partial charge in [-0.1, -0.05) is 25.4 Å². The Kier molecular flexibility index (Phi) is 6.33. The first-order valence-corrected chi connectivity index (χ1v) is 7.35. The summed E-state index contributed by atoms with van der Waals surface area (Å²) in [6, 6.07) is 0.0453. The van der Waals surface area contributed by atoms with E-state index in [1.54, 1.807) is 6.20 Å². The minimum absolute atomic E-state index is 0.0453. The quantitative estimate of drug-likeness (QED) is 0.594. The highest BCUT2D eigenvalue weighted by Crippen LogP contribution is 2.27. The molecule has 0 saturated carbocycles. The minimum Gasteiger partial charge on any atom is -0.271 e. The molecule has 1 heterocycles. The minimum atomic E-state index is 0.0453. The lowest BCUT2D eigenvalue weighted by atomic mass is 10.2. The van der Waals surface area contributed by atoms with Crippen molar-refractivity contribution >= 4 is 23.4 Å². The number of nitrogens with one attached hydrogen (secondary N) is 1. The first kappa shape index (κ1) is 14.8. The number of aromatic nitrogens is 2. The second kappa shape index (κ2) is 7.26. The van der Waals surface area contributed by atoms with E-state index in [4.69, 9.17) is 17.4 Å². The largest absolute Gasteiger partial charge is 0.271 e. The Balaban J connectivity index is 2.75. The molecule has 17 heavy (non-hydrogen) atoms. The number of nitrogens with zero attached hydrogens (tertiary/aromatic N) is 2. The molecule has 0 radical (unpaired) electrons. The molecule has 1 aromatic heterocycles. The van der Waals surface area contributed by atoms with E-state index in [-0.39, 0.29) is 6.04 Å². The van der Waals surface area contributed by atoms with Crippen molar-refractivity contribution in [2.45, 2.75) is 45.0 Å². The van der Waals surface area contributed by atoms with Gasteiger partial charge in [0.25, 0.3) is 0 Å². The third-order valence-corrected chi connectivity index (χ3v) is 4.51. The number of nitrogens with two attached hydrogens (primary N) is 1. The molecule has 98 valence electrons. The summed E-state index contributed by atoms with van der Waals surface area (Å²) in [5.74, 6) is 6.52. The summed E-state index contributed by atoms with van der Waals surface area (Å²) in [5, 5.41) is 5.54. The van der Waals surface area contributed by atoms with Crippen LogP contribution >= 0.6 is 23.4 Å². The standard InChI is InChI=1S/C11H21ClN4S/c1-4-8(3)17-7-10(15-13)11-9(12)6-14-16(11)5-2/h6,8,10,15H,4-5,7,13H2,1-3H3. The highest BCUT2D eigenvalue weighted by Gasteiger charge is 2.19. The maximum absolute atomic E-state index is 6.16. The summed E-state index contributed by atoms with van der Waals surface area (Å²) in [5.41, 5.74) is 3.81. The first-order valence-electron chi connectivity index (χ1n) is 5.92. The number of aryl methyl sites for hydroxylation is 1. The highest BCUT2D eigenvalue weighted by atomic mass is 35.5. The van der Waals surface area contributed by atoms with E-state index in [2.05, 4.69) is 24.4 Å². The molecule has 0 aromatic carbocycles. The molecule has 0 saturated heterocycles. The second-order valence-corrected chi connectivity index (χ2v) is 5.84. The molecule has 0 aliphatic rings. The van der Waals surface area contributed by atoms with Gasteiger partial charge < -0.3 is 0 Å². The van der Waals surface area contributed by atoms with Crippen LogP contribution < -0.4 is 11.3 Å². The Labute approximate surface area is 112 Å². The van der Waals surface area contributed by atoms with Crippen LogP contribution in [0.15, 0.2) is 6.20 Å². The van der Waals surface area contributed by atoms with Gasteiger partial charge in [0, 0.05) is 17.5 Å². The topological polar surface area (TPSA) is 55.9 Å². The summed E-state index contributed by atoms with van der Waals surface area (Å²) in [6.45, 7) is 7.25. The SMILES string of the molecule is CCC(C)SCC(NN)c1c(Cl)cnn1CC. The molecule has 0 bridgehead atoms. The van der Waals surface area contributed by atoms with Gasteiger partial charge in [0.15, 0.2) is 0 Å². The zero-order valence-corrected chi connectivity index (χ0v) is 12.2. The van der Waals surface area contributed by atoms with Crippen LogP contribution in [0.5, 0.6) is 0 Å². The molecule has 0 amide bonds. The van der Waals surface area contributed by atoms with Gasteiger partial charge in [-0.2, -0.15) is 16.9 Å². The maximum Gasteiger partial charge on any atom is 0.0834 e. The third kappa shape index (κ3) is 3.88. The number of halogens is 1. The average Bonchev–Trinajstić information content (AvgIpc) is 2.71. The van der Waals surface area contributed by atoms with Gasteiger partial charge in [0.05, 0.1) is 23.0 Å². The van der Waals surface area contributed by atoms with Crippen molar-refractivity contribution in [1.82, 2.24) is 15.2 Å². The molecular formula is C11H21ClN4S. The molecule has 1 rings (SSSR count). The predicted octanol–water partition coefficient (Wildman–Crippen LogP) is 2.59.